The Morgan fingerprint density at radius 3 is 2.33 bits per heavy atom. The van der Waals surface area contributed by atoms with Crippen LogP contribution in [0.25, 0.3) is 16.6 Å². The van der Waals surface area contributed by atoms with Gasteiger partial charge in [-0.15, -0.1) is 0 Å². The van der Waals surface area contributed by atoms with Gasteiger partial charge in [0.15, 0.2) is 5.16 Å². The number of allylic oxidation sites excluding steroid dienone is 2. The fourth-order valence-corrected chi connectivity index (χ4v) is 7.34. The minimum atomic E-state index is -0.317. The van der Waals surface area contributed by atoms with Gasteiger partial charge in [0, 0.05) is 0 Å². The number of hydrogen-bond donors (Lipinski definition) is 2. The summed E-state index contributed by atoms with van der Waals surface area (Å²) in [7, 11) is 0. The van der Waals surface area contributed by atoms with Gasteiger partial charge in [-0.05, 0) is 80.3 Å². The Hall–Kier alpha value is -2.71. The number of unbranched alkanes of at least 4 members (excludes halogenated alkanes) is 8. The summed E-state index contributed by atoms with van der Waals surface area (Å²) < 4.78 is 1.48. The van der Waals surface area contributed by atoms with Crippen LogP contribution >= 0.6 is 47.6 Å². The van der Waals surface area contributed by atoms with Crippen LogP contribution in [-0.4, -0.2) is 26.6 Å². The molecule has 0 aliphatic heterocycles. The Morgan fingerprint density at radius 2 is 1.58 bits per heavy atom. The molecule has 9 heteroatoms. The first-order valence-corrected chi connectivity index (χ1v) is 19.4. The first-order chi connectivity index (χ1) is 23.4. The number of aromatic nitrogens is 2. The van der Waals surface area contributed by atoms with Gasteiger partial charge in [-0.2, -0.15) is 12.6 Å². The van der Waals surface area contributed by atoms with E-state index >= 15 is 0 Å². The van der Waals surface area contributed by atoms with Gasteiger partial charge in [-0.25, -0.2) is 4.98 Å². The standard InChI is InChI=1S/C39H47Cl2N3O2S2/c1-2-3-4-5-6-7-8-9-10-11-12-14-21-30(29-19-15-13-16-20-29)26-37(47)43-36(45)28-48-39-42-35-23-18-17-22-32(35)38(46)44(39)31-24-25-33(40)34(41)27-31/h9-10,13,15-20,22-25,27,30,37,47H,2-8,11-12,14,21,26,28H2,1H3,(H,43,45)/b10-9-. The lowest BCUT2D eigenvalue weighted by molar-refractivity contribution is -0.118. The van der Waals surface area contributed by atoms with E-state index in [1.165, 1.54) is 66.8 Å². The number of para-hydroxylation sites is 1. The van der Waals surface area contributed by atoms with E-state index in [9.17, 15) is 9.59 Å². The van der Waals surface area contributed by atoms with E-state index in [0.29, 0.717) is 31.8 Å². The van der Waals surface area contributed by atoms with Crippen LogP contribution < -0.4 is 10.9 Å². The molecule has 2 unspecified atom stereocenters. The number of carbonyl (C=O) groups excluding carboxylic acids is 1. The molecule has 0 saturated carbocycles. The summed E-state index contributed by atoms with van der Waals surface area (Å²) in [4.78, 5) is 31.5. The summed E-state index contributed by atoms with van der Waals surface area (Å²) in [5, 5.41) is 4.33. The van der Waals surface area contributed by atoms with Crippen molar-refractivity contribution in [1.82, 2.24) is 14.9 Å². The number of amides is 1. The number of carbonyl (C=O) groups is 1. The predicted molar refractivity (Wildman–Crippen MR) is 208 cm³/mol. The highest BCUT2D eigenvalue weighted by atomic mass is 35.5. The monoisotopic (exact) mass is 723 g/mol. The zero-order valence-electron chi connectivity index (χ0n) is 27.8. The number of rotatable bonds is 20. The van der Waals surface area contributed by atoms with Crippen molar-refractivity contribution in [3.63, 3.8) is 0 Å². The molecule has 3 aromatic carbocycles. The van der Waals surface area contributed by atoms with E-state index in [-0.39, 0.29) is 28.5 Å². The van der Waals surface area contributed by atoms with E-state index in [1.807, 2.05) is 12.1 Å². The molecule has 0 aliphatic rings. The van der Waals surface area contributed by atoms with Gasteiger partial charge in [0.05, 0.1) is 37.8 Å². The summed E-state index contributed by atoms with van der Waals surface area (Å²) >= 11 is 18.4. The Labute approximate surface area is 305 Å². The lowest BCUT2D eigenvalue weighted by Crippen LogP contribution is -2.33. The molecular weight excluding hydrogens is 677 g/mol. The van der Waals surface area contributed by atoms with E-state index < -0.39 is 0 Å². The number of hydrogen-bond acceptors (Lipinski definition) is 5. The fraction of sp³-hybridized carbons (Fsp3) is 0.410. The molecule has 0 radical (unpaired) electrons. The lowest BCUT2D eigenvalue weighted by atomic mass is 9.90. The molecule has 5 nitrogen and oxygen atoms in total. The minimum absolute atomic E-state index is 0.0737. The molecule has 256 valence electrons. The average Bonchev–Trinajstić information content (AvgIpc) is 3.09. The molecular formula is C39H47Cl2N3O2S2. The van der Waals surface area contributed by atoms with Crippen LogP contribution in [0.3, 0.4) is 0 Å². The van der Waals surface area contributed by atoms with Crippen LogP contribution in [-0.2, 0) is 4.79 Å². The van der Waals surface area contributed by atoms with Gasteiger partial charge in [0.25, 0.3) is 5.56 Å². The molecule has 4 rings (SSSR count). The van der Waals surface area contributed by atoms with Gasteiger partial charge >= 0.3 is 0 Å². The molecule has 1 N–H and O–H groups in total. The van der Waals surface area contributed by atoms with Crippen molar-refractivity contribution in [1.29, 1.82) is 0 Å². The third kappa shape index (κ3) is 12.0. The van der Waals surface area contributed by atoms with E-state index in [0.717, 1.165) is 32.1 Å². The number of thioether (sulfide) groups is 1. The van der Waals surface area contributed by atoms with Gasteiger partial charge in [-0.1, -0.05) is 135 Å². The maximum atomic E-state index is 13.6. The zero-order valence-corrected chi connectivity index (χ0v) is 31.0. The maximum Gasteiger partial charge on any atom is 0.266 e. The maximum absolute atomic E-state index is 13.6. The largest absolute Gasteiger partial charge is 0.344 e. The first kappa shape index (κ1) is 38.1. The quantitative estimate of drug-likeness (QED) is 0.0238. The smallest absolute Gasteiger partial charge is 0.266 e. The molecule has 48 heavy (non-hydrogen) atoms. The number of halogens is 2. The summed E-state index contributed by atoms with van der Waals surface area (Å²) in [5.41, 5.74) is 2.12. The van der Waals surface area contributed by atoms with Crippen molar-refractivity contribution in [2.24, 2.45) is 0 Å². The van der Waals surface area contributed by atoms with Crippen molar-refractivity contribution in [3.8, 4) is 5.69 Å². The molecule has 1 heterocycles. The second kappa shape index (κ2) is 20.7. The molecule has 4 aromatic rings. The Balaban J connectivity index is 1.31. The highest BCUT2D eigenvalue weighted by Gasteiger charge is 2.19. The Bertz CT molecular complexity index is 1680. The van der Waals surface area contributed by atoms with Crippen LogP contribution in [0.1, 0.15) is 95.5 Å². The molecule has 0 fully saturated rings. The van der Waals surface area contributed by atoms with Gasteiger partial charge in [-0.3, -0.25) is 14.2 Å². The van der Waals surface area contributed by atoms with E-state index in [1.54, 1.807) is 36.4 Å². The summed E-state index contributed by atoms with van der Waals surface area (Å²) in [6.07, 6.45) is 19.0. The third-order valence-corrected chi connectivity index (χ3v) is 10.4. The molecule has 0 saturated heterocycles. The summed E-state index contributed by atoms with van der Waals surface area (Å²) in [5.74, 6) is 0.186. The molecule has 0 spiro atoms. The van der Waals surface area contributed by atoms with E-state index in [2.05, 4.69) is 48.7 Å². The van der Waals surface area contributed by atoms with Crippen molar-refractivity contribution < 1.29 is 4.79 Å². The molecule has 1 aromatic heterocycles. The Kier molecular flexibility index (Phi) is 16.4. The van der Waals surface area contributed by atoms with Crippen LogP contribution in [0.5, 0.6) is 0 Å². The predicted octanol–water partition coefficient (Wildman–Crippen LogP) is 11.2. The van der Waals surface area contributed by atoms with Gasteiger partial charge in [0.1, 0.15) is 0 Å². The Morgan fingerprint density at radius 1 is 0.896 bits per heavy atom. The number of fused-ring (bicyclic) bond motifs is 1. The lowest BCUT2D eigenvalue weighted by Gasteiger charge is -2.22. The number of benzene rings is 3. The van der Waals surface area contributed by atoms with Crippen LogP contribution in [0, 0.1) is 0 Å². The van der Waals surface area contributed by atoms with E-state index in [4.69, 9.17) is 40.8 Å². The topological polar surface area (TPSA) is 64.0 Å². The van der Waals surface area contributed by atoms with Crippen molar-refractivity contribution in [2.45, 2.75) is 100 Å². The normalized spacial score (nSPS) is 12.8. The molecule has 2 atom stereocenters. The third-order valence-electron chi connectivity index (χ3n) is 8.41. The summed E-state index contributed by atoms with van der Waals surface area (Å²) in [6, 6.07) is 22.7. The van der Waals surface area contributed by atoms with Crippen LogP contribution in [0.15, 0.2) is 94.9 Å². The molecule has 1 amide bonds. The second-order valence-electron chi connectivity index (χ2n) is 12.2. The summed E-state index contributed by atoms with van der Waals surface area (Å²) in [6.45, 7) is 2.26. The molecule has 0 aliphatic carbocycles. The second-order valence-corrected chi connectivity index (χ2v) is 14.6. The first-order valence-electron chi connectivity index (χ1n) is 17.1. The zero-order chi connectivity index (χ0) is 34.1. The highest BCUT2D eigenvalue weighted by molar-refractivity contribution is 7.99. The highest BCUT2D eigenvalue weighted by Crippen LogP contribution is 2.29. The fourth-order valence-electron chi connectivity index (χ4n) is 5.82. The molecule has 0 bridgehead atoms. The van der Waals surface area contributed by atoms with Gasteiger partial charge in [0.2, 0.25) is 5.91 Å². The van der Waals surface area contributed by atoms with Crippen molar-refractivity contribution in [2.75, 3.05) is 5.75 Å². The minimum Gasteiger partial charge on any atom is -0.344 e. The van der Waals surface area contributed by atoms with Crippen molar-refractivity contribution in [3.05, 3.63) is 111 Å². The number of thiol groups is 1. The average molecular weight is 725 g/mol. The SMILES string of the molecule is CCCCCCCC/C=C\CCCCC(CC(S)NC(=O)CSc1nc2ccccc2c(=O)n1-c1ccc(Cl)c(Cl)c1)c1ccccc1. The van der Waals surface area contributed by atoms with Crippen LogP contribution in [0.4, 0.5) is 0 Å². The van der Waals surface area contributed by atoms with Crippen LogP contribution in [0.2, 0.25) is 10.0 Å². The van der Waals surface area contributed by atoms with Gasteiger partial charge < -0.3 is 5.32 Å². The van der Waals surface area contributed by atoms with Crippen molar-refractivity contribution >= 4 is 64.4 Å². The number of nitrogens with zero attached hydrogens (tertiary/aromatic N) is 2. The number of nitrogens with one attached hydrogen (secondary N) is 1.